The normalized spacial score (nSPS) is 11.5. The van der Waals surface area contributed by atoms with Crippen LogP contribution in [0.5, 0.6) is 0 Å². The molecule has 0 bridgehead atoms. The van der Waals surface area contributed by atoms with Crippen molar-refractivity contribution in [1.29, 1.82) is 0 Å². The van der Waals surface area contributed by atoms with Crippen molar-refractivity contribution in [3.63, 3.8) is 0 Å². The van der Waals surface area contributed by atoms with E-state index in [1.54, 1.807) is 6.20 Å². The minimum Gasteiger partial charge on any atom is -0.444 e. The highest BCUT2D eigenvalue weighted by atomic mass is 16.4. The van der Waals surface area contributed by atoms with Gasteiger partial charge in [-0.05, 0) is 20.8 Å². The average molecular weight is 260 g/mol. The lowest BCUT2D eigenvalue weighted by molar-refractivity contribution is 0.458. The van der Waals surface area contributed by atoms with E-state index in [0.717, 1.165) is 29.2 Å². The predicted octanol–water partition coefficient (Wildman–Crippen LogP) is 1.49. The summed E-state index contributed by atoms with van der Waals surface area (Å²) >= 11 is 0. The fourth-order valence-electron chi connectivity index (χ4n) is 2.23. The van der Waals surface area contributed by atoms with Crippen molar-refractivity contribution in [2.24, 2.45) is 0 Å². The van der Waals surface area contributed by atoms with Crippen molar-refractivity contribution in [3.8, 4) is 0 Å². The number of oxazole rings is 1. The molecule has 0 aliphatic carbocycles. The lowest BCUT2D eigenvalue weighted by atomic mass is 10.4. The van der Waals surface area contributed by atoms with Crippen LogP contribution in [0.4, 0.5) is 5.95 Å². The van der Waals surface area contributed by atoms with Gasteiger partial charge in [-0.15, -0.1) is 0 Å². The zero-order chi connectivity index (χ0) is 13.6. The van der Waals surface area contributed by atoms with Crippen molar-refractivity contribution >= 4 is 17.1 Å². The number of hydrogen-bond acceptors (Lipinski definition) is 5. The zero-order valence-corrected chi connectivity index (χ0v) is 11.2. The molecule has 0 fully saturated rings. The first-order valence-corrected chi connectivity index (χ1v) is 6.20. The molecule has 0 aromatic carbocycles. The van der Waals surface area contributed by atoms with Crippen LogP contribution in [0.3, 0.4) is 0 Å². The highest BCUT2D eigenvalue weighted by Crippen LogP contribution is 2.22. The van der Waals surface area contributed by atoms with Crippen LogP contribution < -0.4 is 5.73 Å². The summed E-state index contributed by atoms with van der Waals surface area (Å²) in [4.78, 5) is 8.57. The smallest absolute Gasteiger partial charge is 0.214 e. The van der Waals surface area contributed by atoms with Gasteiger partial charge < -0.3 is 10.2 Å². The van der Waals surface area contributed by atoms with Crippen LogP contribution in [0.1, 0.15) is 24.3 Å². The maximum Gasteiger partial charge on any atom is 0.214 e. The highest BCUT2D eigenvalue weighted by molar-refractivity contribution is 5.77. The third kappa shape index (κ3) is 1.78. The van der Waals surface area contributed by atoms with Gasteiger partial charge in [0.15, 0.2) is 5.65 Å². The SMILES string of the molecule is CCn1nc(C)c2nc(N)n(Cc3ncc(C)o3)c21. The van der Waals surface area contributed by atoms with E-state index in [4.69, 9.17) is 10.2 Å². The van der Waals surface area contributed by atoms with Crippen LogP contribution in [-0.4, -0.2) is 24.3 Å². The summed E-state index contributed by atoms with van der Waals surface area (Å²) < 4.78 is 9.27. The molecule has 0 saturated heterocycles. The Kier molecular flexibility index (Phi) is 2.55. The Morgan fingerprint density at radius 3 is 2.79 bits per heavy atom. The molecule has 3 aromatic rings. The standard InChI is InChI=1S/C12H16N6O/c1-4-18-11-10(8(3)16-18)15-12(13)17(11)6-9-14-5-7(2)19-9/h5H,4,6H2,1-3H3,(H2,13,15). The summed E-state index contributed by atoms with van der Waals surface area (Å²) in [5.74, 6) is 1.85. The van der Waals surface area contributed by atoms with E-state index >= 15 is 0 Å². The lowest BCUT2D eigenvalue weighted by Gasteiger charge is -2.05. The second kappa shape index (κ2) is 4.11. The van der Waals surface area contributed by atoms with Gasteiger partial charge in [0.25, 0.3) is 0 Å². The average Bonchev–Trinajstić information content (AvgIpc) is 3.00. The van der Waals surface area contributed by atoms with E-state index in [1.165, 1.54) is 0 Å². The van der Waals surface area contributed by atoms with Gasteiger partial charge in [-0.25, -0.2) is 14.6 Å². The summed E-state index contributed by atoms with van der Waals surface area (Å²) in [7, 11) is 0. The van der Waals surface area contributed by atoms with Gasteiger partial charge in [-0.3, -0.25) is 4.57 Å². The molecule has 0 amide bonds. The molecule has 0 spiro atoms. The van der Waals surface area contributed by atoms with Crippen LogP contribution in [-0.2, 0) is 13.1 Å². The number of fused-ring (bicyclic) bond motifs is 1. The maximum absolute atomic E-state index is 5.99. The highest BCUT2D eigenvalue weighted by Gasteiger charge is 2.17. The molecule has 3 heterocycles. The molecular weight excluding hydrogens is 244 g/mol. The molecule has 19 heavy (non-hydrogen) atoms. The van der Waals surface area contributed by atoms with Crippen molar-refractivity contribution in [1.82, 2.24) is 24.3 Å². The van der Waals surface area contributed by atoms with E-state index in [0.29, 0.717) is 18.4 Å². The van der Waals surface area contributed by atoms with Crippen molar-refractivity contribution < 1.29 is 4.42 Å². The minimum absolute atomic E-state index is 0.452. The molecule has 100 valence electrons. The van der Waals surface area contributed by atoms with Gasteiger partial charge in [-0.2, -0.15) is 5.10 Å². The Hall–Kier alpha value is -2.31. The molecular formula is C12H16N6O. The summed E-state index contributed by atoms with van der Waals surface area (Å²) in [5, 5.41) is 4.44. The van der Waals surface area contributed by atoms with Gasteiger partial charge in [0.2, 0.25) is 11.8 Å². The number of nitrogens with two attached hydrogens (primary N) is 1. The first kappa shape index (κ1) is 11.8. The van der Waals surface area contributed by atoms with E-state index in [1.807, 2.05) is 30.0 Å². The number of nitrogen functional groups attached to an aromatic ring is 1. The summed E-state index contributed by atoms with van der Waals surface area (Å²) in [6.07, 6.45) is 1.70. The minimum atomic E-state index is 0.452. The Balaban J connectivity index is 2.14. The molecule has 2 N–H and O–H groups in total. The van der Waals surface area contributed by atoms with Crippen molar-refractivity contribution in [3.05, 3.63) is 23.5 Å². The predicted molar refractivity (Wildman–Crippen MR) is 70.7 cm³/mol. The van der Waals surface area contributed by atoms with Gasteiger partial charge in [-0.1, -0.05) is 0 Å². The second-order valence-electron chi connectivity index (χ2n) is 4.49. The Bertz CT molecular complexity index is 735. The largest absolute Gasteiger partial charge is 0.444 e. The Morgan fingerprint density at radius 1 is 1.37 bits per heavy atom. The van der Waals surface area contributed by atoms with Crippen molar-refractivity contribution in [2.75, 3.05) is 5.73 Å². The van der Waals surface area contributed by atoms with Crippen LogP contribution in [0.15, 0.2) is 10.6 Å². The topological polar surface area (TPSA) is 87.7 Å². The van der Waals surface area contributed by atoms with E-state index < -0.39 is 0 Å². The van der Waals surface area contributed by atoms with E-state index in [2.05, 4.69) is 15.1 Å². The third-order valence-electron chi connectivity index (χ3n) is 3.09. The fraction of sp³-hybridized carbons (Fsp3) is 0.417. The number of anilines is 1. The fourth-order valence-corrected chi connectivity index (χ4v) is 2.23. The monoisotopic (exact) mass is 260 g/mol. The molecule has 3 aromatic heterocycles. The number of hydrogen-bond donors (Lipinski definition) is 1. The quantitative estimate of drug-likeness (QED) is 0.770. The number of rotatable bonds is 3. The van der Waals surface area contributed by atoms with E-state index in [9.17, 15) is 0 Å². The second-order valence-corrected chi connectivity index (χ2v) is 4.49. The van der Waals surface area contributed by atoms with E-state index in [-0.39, 0.29) is 0 Å². The number of nitrogens with zero attached hydrogens (tertiary/aromatic N) is 5. The van der Waals surface area contributed by atoms with Crippen LogP contribution >= 0.6 is 0 Å². The summed E-state index contributed by atoms with van der Waals surface area (Å²) in [5.41, 5.74) is 8.61. The van der Waals surface area contributed by atoms with Gasteiger partial charge >= 0.3 is 0 Å². The number of aromatic nitrogens is 5. The first-order chi connectivity index (χ1) is 9.10. The molecule has 0 saturated carbocycles. The van der Waals surface area contributed by atoms with Crippen LogP contribution in [0.2, 0.25) is 0 Å². The van der Waals surface area contributed by atoms with Crippen LogP contribution in [0, 0.1) is 13.8 Å². The molecule has 3 rings (SSSR count). The van der Waals surface area contributed by atoms with Gasteiger partial charge in [0.1, 0.15) is 17.8 Å². The molecule has 0 radical (unpaired) electrons. The Labute approximate surface area is 110 Å². The lowest BCUT2D eigenvalue weighted by Crippen LogP contribution is -2.09. The molecule has 7 heteroatoms. The first-order valence-electron chi connectivity index (χ1n) is 6.20. The summed E-state index contributed by atoms with van der Waals surface area (Å²) in [6.45, 7) is 7.06. The molecule has 0 atom stereocenters. The molecule has 0 aliphatic heterocycles. The molecule has 7 nitrogen and oxygen atoms in total. The molecule has 0 aliphatic rings. The zero-order valence-electron chi connectivity index (χ0n) is 11.2. The Morgan fingerprint density at radius 2 is 2.16 bits per heavy atom. The van der Waals surface area contributed by atoms with Crippen molar-refractivity contribution in [2.45, 2.75) is 33.9 Å². The number of aryl methyl sites for hydroxylation is 3. The summed E-state index contributed by atoms with van der Waals surface area (Å²) in [6, 6.07) is 0. The number of imidazole rings is 1. The maximum atomic E-state index is 5.99. The third-order valence-corrected chi connectivity index (χ3v) is 3.09. The van der Waals surface area contributed by atoms with Crippen LogP contribution in [0.25, 0.3) is 11.2 Å². The van der Waals surface area contributed by atoms with Gasteiger partial charge in [0, 0.05) is 6.54 Å². The van der Waals surface area contributed by atoms with Gasteiger partial charge in [0.05, 0.1) is 11.9 Å². The molecule has 0 unspecified atom stereocenters.